The first-order valence-electron chi connectivity index (χ1n) is 5.27. The van der Waals surface area contributed by atoms with E-state index in [0.29, 0.717) is 5.92 Å². The maximum Gasteiger partial charge on any atom is 0.133 e. The van der Waals surface area contributed by atoms with E-state index in [-0.39, 0.29) is 0 Å². The van der Waals surface area contributed by atoms with Crippen LogP contribution in [-0.2, 0) is 7.05 Å². The lowest BCUT2D eigenvalue weighted by Crippen LogP contribution is -1.96. The molecule has 0 bridgehead atoms. The van der Waals surface area contributed by atoms with Crippen molar-refractivity contribution in [1.29, 1.82) is 0 Å². The maximum atomic E-state index is 4.56. The van der Waals surface area contributed by atoms with Crippen molar-refractivity contribution in [3.8, 4) is 11.4 Å². The quantitative estimate of drug-likeness (QED) is 0.793. The maximum absolute atomic E-state index is 4.56. The number of hydrogen-bond acceptors (Lipinski definition) is 3. The first kappa shape index (κ1) is 9.96. The Balaban J connectivity index is 2.06. The fraction of sp³-hybridized carbons (Fsp3) is 0.364. The van der Waals surface area contributed by atoms with Gasteiger partial charge >= 0.3 is 0 Å². The molecule has 2 aromatic heterocycles. The Morgan fingerprint density at radius 2 is 2.12 bits per heavy atom. The highest BCUT2D eigenvalue weighted by molar-refractivity contribution is 9.10. The lowest BCUT2D eigenvalue weighted by molar-refractivity contribution is 0.769. The van der Waals surface area contributed by atoms with Crippen molar-refractivity contribution in [3.63, 3.8) is 0 Å². The topological polar surface area (TPSA) is 43.6 Å². The third-order valence-electron chi connectivity index (χ3n) is 2.63. The molecule has 0 aromatic carbocycles. The first-order chi connectivity index (χ1) is 7.72. The predicted octanol–water partition coefficient (Wildman–Crippen LogP) is 2.52. The fourth-order valence-electron chi connectivity index (χ4n) is 1.64. The summed E-state index contributed by atoms with van der Waals surface area (Å²) in [6.45, 7) is 0. The zero-order valence-corrected chi connectivity index (χ0v) is 10.5. The van der Waals surface area contributed by atoms with Gasteiger partial charge in [-0.25, -0.2) is 9.97 Å². The molecule has 0 N–H and O–H groups in total. The standard InChI is InChI=1S/C11H11BrN4/c1-16-5-4-8(15-16)9-6-10(12)14-11(13-9)7-2-3-7/h4-7H,2-3H2,1H3. The van der Waals surface area contributed by atoms with Crippen LogP contribution >= 0.6 is 15.9 Å². The van der Waals surface area contributed by atoms with Crippen LogP contribution in [0.3, 0.4) is 0 Å². The number of halogens is 1. The van der Waals surface area contributed by atoms with Crippen molar-refractivity contribution in [3.05, 3.63) is 28.8 Å². The summed E-state index contributed by atoms with van der Waals surface area (Å²) in [7, 11) is 1.90. The fourth-order valence-corrected chi connectivity index (χ4v) is 2.04. The Kier molecular flexibility index (Phi) is 2.28. The largest absolute Gasteiger partial charge is 0.275 e. The van der Waals surface area contributed by atoms with Gasteiger partial charge in [0.05, 0.1) is 5.69 Å². The Morgan fingerprint density at radius 1 is 1.31 bits per heavy atom. The minimum absolute atomic E-state index is 0.556. The highest BCUT2D eigenvalue weighted by Gasteiger charge is 2.27. The monoisotopic (exact) mass is 278 g/mol. The summed E-state index contributed by atoms with van der Waals surface area (Å²) in [6.07, 6.45) is 4.33. The lowest BCUT2D eigenvalue weighted by Gasteiger charge is -2.01. The van der Waals surface area contributed by atoms with E-state index in [9.17, 15) is 0 Å². The average molecular weight is 279 g/mol. The summed E-state index contributed by atoms with van der Waals surface area (Å²) in [6, 6.07) is 3.87. The second-order valence-electron chi connectivity index (χ2n) is 4.08. The number of aromatic nitrogens is 4. The Bertz CT molecular complexity index is 531. The second kappa shape index (κ2) is 3.66. The molecule has 5 heteroatoms. The van der Waals surface area contributed by atoms with Gasteiger partial charge in [-0.05, 0) is 40.9 Å². The summed E-state index contributed by atoms with van der Waals surface area (Å²) in [5, 5.41) is 4.35. The van der Waals surface area contributed by atoms with E-state index in [1.54, 1.807) is 4.68 Å². The van der Waals surface area contributed by atoms with E-state index < -0.39 is 0 Å². The lowest BCUT2D eigenvalue weighted by atomic mass is 10.3. The molecule has 3 rings (SSSR count). The highest BCUT2D eigenvalue weighted by atomic mass is 79.9. The molecule has 0 atom stereocenters. The third-order valence-corrected chi connectivity index (χ3v) is 3.04. The molecule has 1 aliphatic carbocycles. The summed E-state index contributed by atoms with van der Waals surface area (Å²) < 4.78 is 2.62. The van der Waals surface area contributed by atoms with E-state index >= 15 is 0 Å². The molecule has 0 saturated heterocycles. The minimum Gasteiger partial charge on any atom is -0.275 e. The number of aryl methyl sites for hydroxylation is 1. The molecule has 0 aliphatic heterocycles. The van der Waals surface area contributed by atoms with E-state index in [1.165, 1.54) is 12.8 Å². The van der Waals surface area contributed by atoms with E-state index in [2.05, 4.69) is 31.0 Å². The summed E-state index contributed by atoms with van der Waals surface area (Å²) in [5.74, 6) is 1.50. The molecule has 4 nitrogen and oxygen atoms in total. The summed E-state index contributed by atoms with van der Waals surface area (Å²) >= 11 is 3.43. The third kappa shape index (κ3) is 1.87. The number of hydrogen-bond donors (Lipinski definition) is 0. The van der Waals surface area contributed by atoms with Crippen LogP contribution < -0.4 is 0 Å². The van der Waals surface area contributed by atoms with Crippen molar-refractivity contribution in [2.45, 2.75) is 18.8 Å². The van der Waals surface area contributed by atoms with Gasteiger partial charge < -0.3 is 0 Å². The Labute approximate surface area is 102 Å². The van der Waals surface area contributed by atoms with Crippen molar-refractivity contribution in [1.82, 2.24) is 19.7 Å². The summed E-state index contributed by atoms with van der Waals surface area (Å²) in [4.78, 5) is 8.96. The van der Waals surface area contributed by atoms with E-state index in [0.717, 1.165) is 21.8 Å². The van der Waals surface area contributed by atoms with Gasteiger partial charge in [0.15, 0.2) is 0 Å². The van der Waals surface area contributed by atoms with Crippen LogP contribution in [0.5, 0.6) is 0 Å². The number of rotatable bonds is 2. The van der Waals surface area contributed by atoms with Gasteiger partial charge in [-0.3, -0.25) is 4.68 Å². The van der Waals surface area contributed by atoms with Crippen LogP contribution in [0.2, 0.25) is 0 Å². The molecule has 0 radical (unpaired) electrons. The molecular formula is C11H11BrN4. The van der Waals surface area contributed by atoms with Gasteiger partial charge in [0.2, 0.25) is 0 Å². The highest BCUT2D eigenvalue weighted by Crippen LogP contribution is 2.39. The van der Waals surface area contributed by atoms with Crippen LogP contribution in [0, 0.1) is 0 Å². The van der Waals surface area contributed by atoms with Crippen LogP contribution in [-0.4, -0.2) is 19.7 Å². The van der Waals surface area contributed by atoms with E-state index in [1.807, 2.05) is 25.4 Å². The molecule has 1 aliphatic rings. The predicted molar refractivity (Wildman–Crippen MR) is 63.9 cm³/mol. The van der Waals surface area contributed by atoms with Crippen molar-refractivity contribution < 1.29 is 0 Å². The minimum atomic E-state index is 0.556. The molecule has 0 spiro atoms. The SMILES string of the molecule is Cn1ccc(-c2cc(Br)nc(C3CC3)n2)n1. The second-order valence-corrected chi connectivity index (χ2v) is 4.90. The molecule has 16 heavy (non-hydrogen) atoms. The molecule has 2 aromatic rings. The zero-order chi connectivity index (χ0) is 11.1. The van der Waals surface area contributed by atoms with Gasteiger partial charge in [0.1, 0.15) is 16.1 Å². The zero-order valence-electron chi connectivity index (χ0n) is 8.89. The van der Waals surface area contributed by atoms with Gasteiger partial charge in [0, 0.05) is 19.2 Å². The molecule has 1 saturated carbocycles. The van der Waals surface area contributed by atoms with Gasteiger partial charge in [-0.2, -0.15) is 5.10 Å². The van der Waals surface area contributed by atoms with Crippen LogP contribution in [0.25, 0.3) is 11.4 Å². The molecular weight excluding hydrogens is 268 g/mol. The smallest absolute Gasteiger partial charge is 0.133 e. The molecule has 0 unspecified atom stereocenters. The van der Waals surface area contributed by atoms with Crippen molar-refractivity contribution in [2.75, 3.05) is 0 Å². The normalized spacial score (nSPS) is 15.4. The Hall–Kier alpha value is -1.23. The molecule has 0 amide bonds. The van der Waals surface area contributed by atoms with Crippen LogP contribution in [0.4, 0.5) is 0 Å². The Morgan fingerprint density at radius 3 is 2.75 bits per heavy atom. The van der Waals surface area contributed by atoms with Gasteiger partial charge in [0.25, 0.3) is 0 Å². The van der Waals surface area contributed by atoms with Crippen LogP contribution in [0.1, 0.15) is 24.6 Å². The van der Waals surface area contributed by atoms with Crippen molar-refractivity contribution >= 4 is 15.9 Å². The molecule has 82 valence electrons. The van der Waals surface area contributed by atoms with E-state index in [4.69, 9.17) is 0 Å². The van der Waals surface area contributed by atoms with Crippen LogP contribution in [0.15, 0.2) is 22.9 Å². The molecule has 2 heterocycles. The van der Waals surface area contributed by atoms with Gasteiger partial charge in [-0.1, -0.05) is 0 Å². The van der Waals surface area contributed by atoms with Crippen molar-refractivity contribution in [2.24, 2.45) is 7.05 Å². The first-order valence-corrected chi connectivity index (χ1v) is 6.06. The summed E-state index contributed by atoms with van der Waals surface area (Å²) in [5.41, 5.74) is 1.79. The number of nitrogens with zero attached hydrogens (tertiary/aromatic N) is 4. The van der Waals surface area contributed by atoms with Gasteiger partial charge in [-0.15, -0.1) is 0 Å². The average Bonchev–Trinajstić information content (AvgIpc) is 3.01. The molecule has 1 fully saturated rings.